The quantitative estimate of drug-likeness (QED) is 0.860. The van der Waals surface area contributed by atoms with E-state index in [-0.39, 0.29) is 11.2 Å². The predicted molar refractivity (Wildman–Crippen MR) is 83.2 cm³/mol. The van der Waals surface area contributed by atoms with Gasteiger partial charge in [0.25, 0.3) is 0 Å². The molecular formula is C16H23NOS. The first-order chi connectivity index (χ1) is 8.97. The molecule has 1 atom stereocenters. The summed E-state index contributed by atoms with van der Waals surface area (Å²) >= 11 is 1.93. The summed E-state index contributed by atoms with van der Waals surface area (Å²) in [5.74, 6) is 2.46. The first kappa shape index (κ1) is 14.6. The van der Waals surface area contributed by atoms with Crippen LogP contribution in [-0.4, -0.2) is 29.9 Å². The molecule has 0 bridgehead atoms. The van der Waals surface area contributed by atoms with Gasteiger partial charge in [-0.05, 0) is 11.0 Å². The summed E-state index contributed by atoms with van der Waals surface area (Å²) in [5, 5.41) is 3.41. The van der Waals surface area contributed by atoms with E-state index in [1.165, 1.54) is 5.56 Å². The minimum Gasteiger partial charge on any atom is -0.312 e. The molecule has 1 saturated heterocycles. The van der Waals surface area contributed by atoms with E-state index in [2.05, 4.69) is 38.2 Å². The summed E-state index contributed by atoms with van der Waals surface area (Å²) in [5.41, 5.74) is 2.25. The van der Waals surface area contributed by atoms with Gasteiger partial charge in [0.2, 0.25) is 0 Å². The zero-order valence-electron chi connectivity index (χ0n) is 12.0. The molecule has 0 aromatic heterocycles. The van der Waals surface area contributed by atoms with E-state index in [1.807, 2.05) is 23.9 Å². The maximum Gasteiger partial charge on any atom is 0.164 e. The zero-order valence-corrected chi connectivity index (χ0v) is 12.8. The third-order valence-electron chi connectivity index (χ3n) is 3.50. The van der Waals surface area contributed by atoms with Gasteiger partial charge in [0.15, 0.2) is 5.78 Å². The van der Waals surface area contributed by atoms with Crippen molar-refractivity contribution in [1.29, 1.82) is 0 Å². The Labute approximate surface area is 120 Å². The van der Waals surface area contributed by atoms with Crippen LogP contribution in [0.1, 0.15) is 43.1 Å². The molecule has 0 radical (unpaired) electrons. The van der Waals surface area contributed by atoms with Crippen LogP contribution in [0.15, 0.2) is 24.3 Å². The Balaban J connectivity index is 1.99. The van der Waals surface area contributed by atoms with Gasteiger partial charge in [0.1, 0.15) is 0 Å². The van der Waals surface area contributed by atoms with E-state index in [4.69, 9.17) is 0 Å². The maximum absolute atomic E-state index is 12.2. The summed E-state index contributed by atoms with van der Waals surface area (Å²) in [7, 11) is 0. The van der Waals surface area contributed by atoms with Crippen LogP contribution in [0.25, 0.3) is 0 Å². The average Bonchev–Trinajstić information content (AvgIpc) is 2.39. The van der Waals surface area contributed by atoms with Crippen LogP contribution in [0.2, 0.25) is 0 Å². The van der Waals surface area contributed by atoms with Gasteiger partial charge < -0.3 is 5.32 Å². The molecule has 3 heteroatoms. The Hall–Kier alpha value is -0.800. The molecule has 19 heavy (non-hydrogen) atoms. The van der Waals surface area contributed by atoms with E-state index >= 15 is 0 Å². The molecule has 2 nitrogen and oxygen atoms in total. The van der Waals surface area contributed by atoms with Crippen molar-refractivity contribution < 1.29 is 4.79 Å². The lowest BCUT2D eigenvalue weighted by Gasteiger charge is -2.22. The number of carbonyl (C=O) groups excluding carboxylic acids is 1. The summed E-state index contributed by atoms with van der Waals surface area (Å²) in [4.78, 5) is 12.2. The van der Waals surface area contributed by atoms with Crippen molar-refractivity contribution >= 4 is 17.5 Å². The number of nitrogens with one attached hydrogen (secondary N) is 1. The Bertz CT molecular complexity index is 427. The second-order valence-electron chi connectivity index (χ2n) is 6.18. The molecule has 0 spiro atoms. The van der Waals surface area contributed by atoms with Crippen LogP contribution in [0.4, 0.5) is 0 Å². The van der Waals surface area contributed by atoms with Crippen molar-refractivity contribution in [2.45, 2.75) is 38.6 Å². The summed E-state index contributed by atoms with van der Waals surface area (Å²) < 4.78 is 0. The van der Waals surface area contributed by atoms with Crippen molar-refractivity contribution in [3.8, 4) is 0 Å². The topological polar surface area (TPSA) is 29.1 Å². The van der Waals surface area contributed by atoms with E-state index in [0.29, 0.717) is 12.5 Å². The molecular weight excluding hydrogens is 254 g/mol. The lowest BCUT2D eigenvalue weighted by Crippen LogP contribution is -2.38. The molecule has 1 aliphatic rings. The average molecular weight is 277 g/mol. The lowest BCUT2D eigenvalue weighted by molar-refractivity contribution is 0.0972. The molecule has 0 aliphatic carbocycles. The fourth-order valence-corrected chi connectivity index (χ4v) is 3.20. The van der Waals surface area contributed by atoms with Gasteiger partial charge in [-0.25, -0.2) is 0 Å². The number of ketones is 1. The van der Waals surface area contributed by atoms with Crippen LogP contribution < -0.4 is 5.32 Å². The standard InChI is InChI=1S/C16H23NOS/c1-16(2,3)13-6-4-12(5-7-13)15(18)10-14-11-19-9-8-17-14/h4-7,14,17H,8-11H2,1-3H3. The smallest absolute Gasteiger partial charge is 0.164 e. The number of carbonyl (C=O) groups is 1. The molecule has 1 heterocycles. The van der Waals surface area contributed by atoms with Crippen molar-refractivity contribution in [2.75, 3.05) is 18.1 Å². The monoisotopic (exact) mass is 277 g/mol. The highest BCUT2D eigenvalue weighted by Gasteiger charge is 2.18. The van der Waals surface area contributed by atoms with Crippen molar-refractivity contribution in [3.05, 3.63) is 35.4 Å². The second kappa shape index (κ2) is 6.10. The minimum atomic E-state index is 0.142. The van der Waals surface area contributed by atoms with Crippen LogP contribution in [0.5, 0.6) is 0 Å². The molecule has 1 fully saturated rings. The number of Topliss-reactive ketones (excluding diaryl/α,β-unsaturated/α-hetero) is 1. The number of hydrogen-bond donors (Lipinski definition) is 1. The first-order valence-corrected chi connectivity index (χ1v) is 8.07. The molecule has 1 aromatic rings. The van der Waals surface area contributed by atoms with Crippen molar-refractivity contribution in [2.24, 2.45) is 0 Å². The van der Waals surface area contributed by atoms with Gasteiger partial charge >= 0.3 is 0 Å². The molecule has 2 rings (SSSR count). The highest BCUT2D eigenvalue weighted by molar-refractivity contribution is 7.99. The van der Waals surface area contributed by atoms with E-state index in [0.717, 1.165) is 23.6 Å². The van der Waals surface area contributed by atoms with Gasteiger partial charge in [-0.2, -0.15) is 11.8 Å². The van der Waals surface area contributed by atoms with Gasteiger partial charge in [-0.15, -0.1) is 0 Å². The van der Waals surface area contributed by atoms with Crippen molar-refractivity contribution in [3.63, 3.8) is 0 Å². The fourth-order valence-electron chi connectivity index (χ4n) is 2.25. The van der Waals surface area contributed by atoms with Crippen LogP contribution >= 0.6 is 11.8 Å². The van der Waals surface area contributed by atoms with E-state index in [9.17, 15) is 4.79 Å². The first-order valence-electron chi connectivity index (χ1n) is 6.92. The second-order valence-corrected chi connectivity index (χ2v) is 7.33. The largest absolute Gasteiger partial charge is 0.312 e. The van der Waals surface area contributed by atoms with E-state index in [1.54, 1.807) is 0 Å². The Morgan fingerprint density at radius 1 is 1.32 bits per heavy atom. The molecule has 1 N–H and O–H groups in total. The minimum absolute atomic E-state index is 0.142. The molecule has 1 aromatic carbocycles. The summed E-state index contributed by atoms with van der Waals surface area (Å²) in [6.07, 6.45) is 0.613. The summed E-state index contributed by atoms with van der Waals surface area (Å²) in [6.45, 7) is 7.58. The number of hydrogen-bond acceptors (Lipinski definition) is 3. The number of rotatable bonds is 3. The Morgan fingerprint density at radius 2 is 2.00 bits per heavy atom. The fraction of sp³-hybridized carbons (Fsp3) is 0.562. The van der Waals surface area contributed by atoms with Crippen LogP contribution in [0, 0.1) is 0 Å². The maximum atomic E-state index is 12.2. The molecule has 0 amide bonds. The normalized spacial score (nSPS) is 20.3. The van der Waals surface area contributed by atoms with Gasteiger partial charge in [-0.3, -0.25) is 4.79 Å². The van der Waals surface area contributed by atoms with Gasteiger partial charge in [-0.1, -0.05) is 45.0 Å². The SMILES string of the molecule is CC(C)(C)c1ccc(C(=O)CC2CSCCN2)cc1. The van der Waals surface area contributed by atoms with Crippen molar-refractivity contribution in [1.82, 2.24) is 5.32 Å². The zero-order chi connectivity index (χ0) is 13.9. The third kappa shape index (κ3) is 4.08. The lowest BCUT2D eigenvalue weighted by atomic mass is 9.86. The predicted octanol–water partition coefficient (Wildman–Crippen LogP) is 3.26. The number of benzene rings is 1. The molecule has 1 aliphatic heterocycles. The molecule has 104 valence electrons. The van der Waals surface area contributed by atoms with E-state index < -0.39 is 0 Å². The van der Waals surface area contributed by atoms with Crippen LogP contribution in [0.3, 0.4) is 0 Å². The highest BCUT2D eigenvalue weighted by Crippen LogP contribution is 2.22. The van der Waals surface area contributed by atoms with Gasteiger partial charge in [0, 0.05) is 36.1 Å². The molecule has 1 unspecified atom stereocenters. The Morgan fingerprint density at radius 3 is 2.53 bits per heavy atom. The third-order valence-corrected chi connectivity index (χ3v) is 4.63. The summed E-state index contributed by atoms with van der Waals surface area (Å²) in [6, 6.07) is 8.44. The number of thioether (sulfide) groups is 1. The Kier molecular flexibility index (Phi) is 4.69. The highest BCUT2D eigenvalue weighted by atomic mass is 32.2. The van der Waals surface area contributed by atoms with Gasteiger partial charge in [0.05, 0.1) is 0 Å². The molecule has 0 saturated carbocycles. The van der Waals surface area contributed by atoms with Crippen LogP contribution in [-0.2, 0) is 5.41 Å².